The van der Waals surface area contributed by atoms with Crippen LogP contribution in [0.25, 0.3) is 5.65 Å². The van der Waals surface area contributed by atoms with E-state index in [2.05, 4.69) is 4.98 Å². The number of benzene rings is 1. The minimum absolute atomic E-state index is 0.0380. The Bertz CT molecular complexity index is 1300. The van der Waals surface area contributed by atoms with Crippen molar-refractivity contribution in [2.75, 3.05) is 31.1 Å². The normalized spacial score (nSPS) is 15.4. The highest BCUT2D eigenvalue weighted by Gasteiger charge is 2.34. The minimum Gasteiger partial charge on any atom is -0.348 e. The Morgan fingerprint density at radius 2 is 1.70 bits per heavy atom. The van der Waals surface area contributed by atoms with Crippen molar-refractivity contribution in [2.24, 2.45) is 0 Å². The Kier molecular flexibility index (Phi) is 4.95. The number of hydrogen-bond donors (Lipinski definition) is 0. The molecule has 12 heteroatoms. The van der Waals surface area contributed by atoms with Crippen LogP contribution >= 0.6 is 0 Å². The molecule has 3 heterocycles. The molecule has 1 fully saturated rings. The van der Waals surface area contributed by atoms with Gasteiger partial charge in [-0.2, -0.15) is 4.31 Å². The van der Waals surface area contributed by atoms with E-state index < -0.39 is 36.9 Å². The summed E-state index contributed by atoms with van der Waals surface area (Å²) in [6, 6.07) is 9.85. The predicted octanol–water partition coefficient (Wildman–Crippen LogP) is 1.25. The van der Waals surface area contributed by atoms with Gasteiger partial charge < -0.3 is 4.90 Å². The molecule has 1 aromatic carbocycles. The van der Waals surface area contributed by atoms with Crippen LogP contribution in [0.3, 0.4) is 0 Å². The van der Waals surface area contributed by atoms with Crippen molar-refractivity contribution in [2.45, 2.75) is 4.90 Å². The topological polar surface area (TPSA) is 118 Å². The lowest BCUT2D eigenvalue weighted by Crippen LogP contribution is -2.49. The van der Waals surface area contributed by atoms with E-state index in [1.54, 1.807) is 18.2 Å². The Balaban J connectivity index is 1.66. The van der Waals surface area contributed by atoms with Gasteiger partial charge in [-0.25, -0.2) is 17.8 Å². The summed E-state index contributed by atoms with van der Waals surface area (Å²) in [5.41, 5.74) is -1.25. The monoisotopic (exact) mass is 433 g/mol. The van der Waals surface area contributed by atoms with E-state index in [9.17, 15) is 27.7 Å². The van der Waals surface area contributed by atoms with Crippen molar-refractivity contribution in [1.82, 2.24) is 13.7 Å². The molecule has 1 aliphatic rings. The first kappa shape index (κ1) is 19.9. The van der Waals surface area contributed by atoms with E-state index in [0.717, 1.165) is 14.8 Å². The molecular formula is C18H16FN5O5S. The number of nitrogens with zero attached hydrogens (tertiary/aromatic N) is 5. The number of hydrogen-bond acceptors (Lipinski definition) is 7. The average molecular weight is 433 g/mol. The van der Waals surface area contributed by atoms with Gasteiger partial charge in [0.1, 0.15) is 16.4 Å². The largest absolute Gasteiger partial charge is 0.376 e. The van der Waals surface area contributed by atoms with Crippen molar-refractivity contribution < 1.29 is 17.7 Å². The van der Waals surface area contributed by atoms with Gasteiger partial charge in [0.15, 0.2) is 0 Å². The molecule has 0 N–H and O–H groups in total. The molecule has 10 nitrogen and oxygen atoms in total. The zero-order valence-corrected chi connectivity index (χ0v) is 16.3. The van der Waals surface area contributed by atoms with Crippen LogP contribution in [-0.4, -0.2) is 53.2 Å². The Hall–Kier alpha value is -3.38. The molecule has 156 valence electrons. The number of piperazine rings is 1. The van der Waals surface area contributed by atoms with Gasteiger partial charge in [-0.3, -0.25) is 19.3 Å². The first-order chi connectivity index (χ1) is 14.3. The second-order valence-corrected chi connectivity index (χ2v) is 8.50. The predicted molar refractivity (Wildman–Crippen MR) is 105 cm³/mol. The molecule has 1 saturated heterocycles. The second-order valence-electron chi connectivity index (χ2n) is 6.60. The number of halogens is 1. The standard InChI is InChI=1S/C18H16FN5O5S/c19-13-5-1-2-6-14(13)30(28,29)22-11-9-21(10-12-22)17-16(24(26)27)18(25)23-8-4-3-7-15(23)20-17/h1-8H,9-12H2. The van der Waals surface area contributed by atoms with Crippen molar-refractivity contribution in [3.05, 3.63) is 74.9 Å². The first-order valence-corrected chi connectivity index (χ1v) is 10.4. The van der Waals surface area contributed by atoms with Gasteiger partial charge in [0.25, 0.3) is 0 Å². The van der Waals surface area contributed by atoms with Crippen LogP contribution in [0.5, 0.6) is 0 Å². The van der Waals surface area contributed by atoms with Gasteiger partial charge in [0.05, 0.1) is 4.92 Å². The SMILES string of the molecule is O=c1c([N+](=O)[O-])c(N2CCN(S(=O)(=O)c3ccccc3F)CC2)nc2ccccn12. The molecule has 30 heavy (non-hydrogen) atoms. The fourth-order valence-corrected chi connectivity index (χ4v) is 4.87. The maximum Gasteiger partial charge on any atom is 0.376 e. The summed E-state index contributed by atoms with van der Waals surface area (Å²) in [6.45, 7) is 0.0429. The van der Waals surface area contributed by atoms with Crippen molar-refractivity contribution in [1.29, 1.82) is 0 Å². The summed E-state index contributed by atoms with van der Waals surface area (Å²) in [5.74, 6) is -0.959. The summed E-state index contributed by atoms with van der Waals surface area (Å²) in [5, 5.41) is 11.6. The van der Waals surface area contributed by atoms with E-state index in [1.165, 1.54) is 29.3 Å². The summed E-state index contributed by atoms with van der Waals surface area (Å²) in [7, 11) is -4.06. The molecule has 0 radical (unpaired) electrons. The third kappa shape index (κ3) is 3.29. The minimum atomic E-state index is -4.06. The molecule has 4 rings (SSSR count). The molecule has 0 saturated carbocycles. The maximum atomic E-state index is 14.0. The average Bonchev–Trinajstić information content (AvgIpc) is 2.73. The van der Waals surface area contributed by atoms with E-state index >= 15 is 0 Å². The summed E-state index contributed by atoms with van der Waals surface area (Å²) < 4.78 is 41.7. The zero-order chi connectivity index (χ0) is 21.5. The van der Waals surface area contributed by atoms with Crippen molar-refractivity contribution in [3.63, 3.8) is 0 Å². The van der Waals surface area contributed by atoms with Gasteiger partial charge >= 0.3 is 11.2 Å². The molecule has 2 aromatic heterocycles. The molecule has 0 spiro atoms. The smallest absolute Gasteiger partial charge is 0.348 e. The van der Waals surface area contributed by atoms with E-state index in [-0.39, 0.29) is 37.6 Å². The van der Waals surface area contributed by atoms with Gasteiger partial charge in [-0.1, -0.05) is 18.2 Å². The highest BCUT2D eigenvalue weighted by molar-refractivity contribution is 7.89. The number of sulfonamides is 1. The highest BCUT2D eigenvalue weighted by atomic mass is 32.2. The third-order valence-electron chi connectivity index (χ3n) is 4.87. The molecular weight excluding hydrogens is 417 g/mol. The van der Waals surface area contributed by atoms with Crippen LogP contribution in [0.4, 0.5) is 15.9 Å². The number of pyridine rings is 1. The Morgan fingerprint density at radius 3 is 2.37 bits per heavy atom. The first-order valence-electron chi connectivity index (χ1n) is 8.96. The van der Waals surface area contributed by atoms with Crippen LogP contribution in [0.2, 0.25) is 0 Å². The fourth-order valence-electron chi connectivity index (χ4n) is 3.38. The maximum absolute atomic E-state index is 14.0. The summed E-state index contributed by atoms with van der Waals surface area (Å²) in [4.78, 5) is 28.7. The second kappa shape index (κ2) is 7.46. The highest BCUT2D eigenvalue weighted by Crippen LogP contribution is 2.26. The van der Waals surface area contributed by atoms with Crippen LogP contribution in [-0.2, 0) is 10.0 Å². The van der Waals surface area contributed by atoms with E-state index in [1.807, 2.05) is 0 Å². The molecule has 0 amide bonds. The quantitative estimate of drug-likeness (QED) is 0.449. The molecule has 0 aliphatic carbocycles. The van der Waals surface area contributed by atoms with Gasteiger partial charge in [0, 0.05) is 32.4 Å². The van der Waals surface area contributed by atoms with Crippen molar-refractivity contribution in [3.8, 4) is 0 Å². The Labute approximate surface area is 170 Å². The van der Waals surface area contributed by atoms with Gasteiger partial charge in [-0.05, 0) is 24.3 Å². The molecule has 0 bridgehead atoms. The Morgan fingerprint density at radius 1 is 1.03 bits per heavy atom. The molecule has 1 aliphatic heterocycles. The zero-order valence-electron chi connectivity index (χ0n) is 15.5. The van der Waals surface area contributed by atoms with Gasteiger partial charge in [0.2, 0.25) is 15.8 Å². The number of nitro groups is 1. The fraction of sp³-hybridized carbons (Fsp3) is 0.222. The molecule has 3 aromatic rings. The molecule has 0 unspecified atom stereocenters. The van der Waals surface area contributed by atoms with Crippen LogP contribution in [0, 0.1) is 15.9 Å². The number of fused-ring (bicyclic) bond motifs is 1. The molecule has 0 atom stereocenters. The number of rotatable bonds is 4. The number of aromatic nitrogens is 2. The van der Waals surface area contributed by atoms with Crippen LogP contribution in [0.15, 0.2) is 58.4 Å². The lowest BCUT2D eigenvalue weighted by molar-refractivity contribution is -0.385. The van der Waals surface area contributed by atoms with Crippen molar-refractivity contribution >= 4 is 27.2 Å². The summed E-state index contributed by atoms with van der Waals surface area (Å²) in [6.07, 6.45) is 1.39. The lowest BCUT2D eigenvalue weighted by atomic mass is 10.3. The number of anilines is 1. The van der Waals surface area contributed by atoms with Gasteiger partial charge in [-0.15, -0.1) is 0 Å². The lowest BCUT2D eigenvalue weighted by Gasteiger charge is -2.34. The van der Waals surface area contributed by atoms with E-state index in [4.69, 9.17) is 0 Å². The third-order valence-corrected chi connectivity index (χ3v) is 6.80. The summed E-state index contributed by atoms with van der Waals surface area (Å²) >= 11 is 0. The van der Waals surface area contributed by atoms with Crippen LogP contribution < -0.4 is 10.5 Å². The van der Waals surface area contributed by atoms with E-state index in [0.29, 0.717) is 0 Å². The van der Waals surface area contributed by atoms with Crippen LogP contribution in [0.1, 0.15) is 0 Å².